The Morgan fingerprint density at radius 1 is 1.10 bits per heavy atom. The summed E-state index contributed by atoms with van der Waals surface area (Å²) < 4.78 is 5.21. The molecule has 2 aromatic rings. The molecule has 31 heavy (non-hydrogen) atoms. The molecular formula is C23H22N4O4. The number of carbonyl (C=O) groups excluding carboxylic acids is 3. The van der Waals surface area contributed by atoms with Crippen LogP contribution in [0.1, 0.15) is 23.6 Å². The summed E-state index contributed by atoms with van der Waals surface area (Å²) in [6.07, 6.45) is 5.42. The Hall–Kier alpha value is -4.21. The molecule has 0 aromatic heterocycles. The fourth-order valence-electron chi connectivity index (χ4n) is 2.64. The smallest absolute Gasteiger partial charge is 0.408 e. The summed E-state index contributed by atoms with van der Waals surface area (Å²) >= 11 is 0. The molecule has 0 spiro atoms. The van der Waals surface area contributed by atoms with Gasteiger partial charge in [0.1, 0.15) is 12.6 Å². The maximum Gasteiger partial charge on any atom is 0.408 e. The van der Waals surface area contributed by atoms with Crippen molar-refractivity contribution in [2.24, 2.45) is 0 Å². The molecule has 0 saturated carbocycles. The molecule has 2 N–H and O–H groups in total. The third-order valence-electron chi connectivity index (χ3n) is 4.35. The molecule has 0 aliphatic carbocycles. The fourth-order valence-corrected chi connectivity index (χ4v) is 2.64. The largest absolute Gasteiger partial charge is 0.445 e. The molecule has 0 aliphatic heterocycles. The number of benzene rings is 2. The standard InChI is InChI=1S/C23H22N4O4/c1-3-17-9-11-19(12-10-17)15-31-23(30)27-20(13-18-7-5-4-6-8-18)22(29)26-16(2)21(28)14-25-24/h1,4-12,14,16,20H,13,15H2,2H3,(H,26,29)(H,27,30)/t16-,20-/m0/s1. The van der Waals surface area contributed by atoms with Crippen LogP contribution in [0.2, 0.25) is 0 Å². The third kappa shape index (κ3) is 7.61. The normalized spacial score (nSPS) is 11.7. The Labute approximate surface area is 180 Å². The Bertz CT molecular complexity index is 1010. The van der Waals surface area contributed by atoms with Crippen LogP contribution in [0.15, 0.2) is 54.6 Å². The van der Waals surface area contributed by atoms with Crippen molar-refractivity contribution in [3.05, 3.63) is 76.8 Å². The van der Waals surface area contributed by atoms with Crippen LogP contribution < -0.4 is 10.6 Å². The predicted octanol–water partition coefficient (Wildman–Crippen LogP) is 1.88. The summed E-state index contributed by atoms with van der Waals surface area (Å²) in [7, 11) is 0. The average Bonchev–Trinajstić information content (AvgIpc) is 2.78. The topological polar surface area (TPSA) is 121 Å². The van der Waals surface area contributed by atoms with Gasteiger partial charge in [-0.25, -0.2) is 4.79 Å². The van der Waals surface area contributed by atoms with Crippen LogP contribution in [-0.2, 0) is 27.4 Å². The van der Waals surface area contributed by atoms with Crippen LogP contribution >= 0.6 is 0 Å². The van der Waals surface area contributed by atoms with Crippen LogP contribution in [-0.4, -0.2) is 40.9 Å². The zero-order valence-electron chi connectivity index (χ0n) is 16.9. The van der Waals surface area contributed by atoms with Crippen LogP contribution in [0.4, 0.5) is 4.79 Å². The van der Waals surface area contributed by atoms with Crippen molar-refractivity contribution in [1.82, 2.24) is 10.6 Å². The summed E-state index contributed by atoms with van der Waals surface area (Å²) in [5.74, 6) is 1.33. The third-order valence-corrected chi connectivity index (χ3v) is 4.35. The SMILES string of the molecule is C#Cc1ccc(COC(=O)N[C@@H](Cc2ccccc2)C(=O)N[C@@H](C)C(=O)C=[N+]=[N-])cc1. The minimum Gasteiger partial charge on any atom is -0.445 e. The second kappa shape index (κ2) is 11.7. The number of Topliss-reactive ketones (excluding diaryl/α,β-unsaturated/α-hetero) is 1. The summed E-state index contributed by atoms with van der Waals surface area (Å²) in [5, 5.41) is 5.03. The molecule has 0 bridgehead atoms. The Balaban J connectivity index is 2.03. The summed E-state index contributed by atoms with van der Waals surface area (Å²) in [4.78, 5) is 39.4. The van der Waals surface area contributed by atoms with Gasteiger partial charge >= 0.3 is 12.3 Å². The lowest BCUT2D eigenvalue weighted by Gasteiger charge is -2.20. The molecule has 2 atom stereocenters. The second-order valence-electron chi connectivity index (χ2n) is 6.68. The molecule has 2 rings (SSSR count). The number of hydrogen-bond acceptors (Lipinski definition) is 4. The van der Waals surface area contributed by atoms with Gasteiger partial charge in [0, 0.05) is 12.0 Å². The molecule has 8 nitrogen and oxygen atoms in total. The van der Waals surface area contributed by atoms with Crippen molar-refractivity contribution < 1.29 is 23.9 Å². The monoisotopic (exact) mass is 418 g/mol. The molecule has 2 amide bonds. The highest BCUT2D eigenvalue weighted by molar-refractivity contribution is 6.28. The number of ether oxygens (including phenoxy) is 1. The average molecular weight is 418 g/mol. The van der Waals surface area contributed by atoms with E-state index in [0.717, 1.165) is 11.1 Å². The van der Waals surface area contributed by atoms with E-state index in [-0.39, 0.29) is 13.0 Å². The van der Waals surface area contributed by atoms with E-state index in [4.69, 9.17) is 16.7 Å². The van der Waals surface area contributed by atoms with Crippen molar-refractivity contribution in [2.75, 3.05) is 0 Å². The van der Waals surface area contributed by atoms with E-state index < -0.39 is 29.9 Å². The van der Waals surface area contributed by atoms with Gasteiger partial charge in [-0.3, -0.25) is 9.59 Å². The van der Waals surface area contributed by atoms with Crippen LogP contribution in [0.25, 0.3) is 5.53 Å². The molecule has 8 heteroatoms. The number of carbonyl (C=O) groups is 3. The van der Waals surface area contributed by atoms with Gasteiger partial charge in [-0.1, -0.05) is 48.4 Å². The minimum atomic E-state index is -0.986. The highest BCUT2D eigenvalue weighted by Gasteiger charge is 2.25. The Morgan fingerprint density at radius 3 is 2.39 bits per heavy atom. The summed E-state index contributed by atoms with van der Waals surface area (Å²) in [6, 6.07) is 14.1. The van der Waals surface area contributed by atoms with Gasteiger partial charge in [0.15, 0.2) is 0 Å². The number of alkyl carbamates (subject to hydrolysis) is 1. The Morgan fingerprint density at radius 2 is 1.77 bits per heavy atom. The number of rotatable bonds is 9. The maximum absolute atomic E-state index is 12.7. The van der Waals surface area contributed by atoms with E-state index in [1.54, 1.807) is 24.3 Å². The van der Waals surface area contributed by atoms with Crippen molar-refractivity contribution in [3.63, 3.8) is 0 Å². The predicted molar refractivity (Wildman–Crippen MR) is 114 cm³/mol. The number of hydrogen-bond donors (Lipinski definition) is 2. The van der Waals surface area contributed by atoms with Gasteiger partial charge in [-0.15, -0.1) is 6.42 Å². The van der Waals surface area contributed by atoms with Gasteiger partial charge in [0.05, 0.1) is 6.04 Å². The van der Waals surface area contributed by atoms with Crippen molar-refractivity contribution >= 4 is 24.0 Å². The molecule has 0 heterocycles. The van der Waals surface area contributed by atoms with E-state index in [2.05, 4.69) is 21.3 Å². The van der Waals surface area contributed by atoms with Crippen LogP contribution in [0.5, 0.6) is 0 Å². The molecule has 0 aliphatic rings. The lowest BCUT2D eigenvalue weighted by Crippen LogP contribution is -2.52. The van der Waals surface area contributed by atoms with Gasteiger partial charge in [-0.05, 0) is 30.2 Å². The first-order valence-electron chi connectivity index (χ1n) is 9.47. The number of nitrogens with one attached hydrogen (secondary N) is 2. The molecule has 0 saturated heterocycles. The quantitative estimate of drug-likeness (QED) is 0.279. The fraction of sp³-hybridized carbons (Fsp3) is 0.217. The van der Waals surface area contributed by atoms with Crippen LogP contribution in [0.3, 0.4) is 0 Å². The Kier molecular flexibility index (Phi) is 8.72. The summed E-state index contributed by atoms with van der Waals surface area (Å²) in [6.45, 7) is 1.44. The van der Waals surface area contributed by atoms with Gasteiger partial charge in [0.25, 0.3) is 5.78 Å². The number of ketones is 1. The number of terminal acetylenes is 1. The molecule has 0 radical (unpaired) electrons. The number of nitrogens with zero attached hydrogens (tertiary/aromatic N) is 2. The summed E-state index contributed by atoms with van der Waals surface area (Å²) in [5.41, 5.74) is 10.7. The lowest BCUT2D eigenvalue weighted by molar-refractivity contribution is -0.127. The number of amides is 2. The first-order chi connectivity index (χ1) is 14.9. The molecule has 158 valence electrons. The minimum absolute atomic E-state index is 0.00177. The zero-order valence-corrected chi connectivity index (χ0v) is 16.9. The van der Waals surface area contributed by atoms with E-state index in [9.17, 15) is 14.4 Å². The van der Waals surface area contributed by atoms with Crippen molar-refractivity contribution in [3.8, 4) is 12.3 Å². The maximum atomic E-state index is 12.7. The van der Waals surface area contributed by atoms with Crippen LogP contribution in [0, 0.1) is 12.3 Å². The van der Waals surface area contributed by atoms with Crippen molar-refractivity contribution in [2.45, 2.75) is 32.0 Å². The lowest BCUT2D eigenvalue weighted by atomic mass is 10.0. The molecular weight excluding hydrogens is 396 g/mol. The first kappa shape index (κ1) is 23.1. The van der Waals surface area contributed by atoms with Gasteiger partial charge < -0.3 is 20.9 Å². The van der Waals surface area contributed by atoms with Crippen molar-refractivity contribution in [1.29, 1.82) is 0 Å². The van der Waals surface area contributed by atoms with E-state index in [1.807, 2.05) is 30.3 Å². The van der Waals surface area contributed by atoms with Gasteiger partial charge in [-0.2, -0.15) is 4.79 Å². The zero-order chi connectivity index (χ0) is 22.6. The second-order valence-corrected chi connectivity index (χ2v) is 6.68. The van der Waals surface area contributed by atoms with E-state index in [0.29, 0.717) is 11.8 Å². The molecule has 0 fully saturated rings. The first-order valence-corrected chi connectivity index (χ1v) is 9.47. The van der Waals surface area contributed by atoms with Gasteiger partial charge in [0.2, 0.25) is 5.91 Å². The van der Waals surface area contributed by atoms with E-state index >= 15 is 0 Å². The molecule has 0 unspecified atom stereocenters. The highest BCUT2D eigenvalue weighted by atomic mass is 16.5. The highest BCUT2D eigenvalue weighted by Crippen LogP contribution is 2.07. The molecule has 2 aromatic carbocycles. The van der Waals surface area contributed by atoms with E-state index in [1.165, 1.54) is 6.92 Å².